The summed E-state index contributed by atoms with van der Waals surface area (Å²) in [5.41, 5.74) is 2.36. The van der Waals surface area contributed by atoms with Gasteiger partial charge < -0.3 is 9.51 Å². The maximum atomic E-state index is 11.0. The van der Waals surface area contributed by atoms with Crippen molar-refractivity contribution >= 4 is 11.6 Å². The van der Waals surface area contributed by atoms with Crippen molar-refractivity contribution < 1.29 is 9.90 Å². The maximum Gasteiger partial charge on any atom is 0.335 e. The molecule has 0 aliphatic carbocycles. The van der Waals surface area contributed by atoms with Gasteiger partial charge in [0.05, 0.1) is 5.56 Å². The fourth-order valence-electron chi connectivity index (χ4n) is 1.86. The zero-order chi connectivity index (χ0) is 12.5. The van der Waals surface area contributed by atoms with Gasteiger partial charge in [-0.05, 0) is 12.1 Å². The molecule has 0 saturated heterocycles. The van der Waals surface area contributed by atoms with Gasteiger partial charge >= 0.3 is 5.97 Å². The minimum absolute atomic E-state index is 0.239. The van der Waals surface area contributed by atoms with Crippen LogP contribution in [0.15, 0.2) is 49.1 Å². The van der Waals surface area contributed by atoms with Crippen LogP contribution in [0.1, 0.15) is 10.4 Å². The second kappa shape index (κ2) is 3.96. The lowest BCUT2D eigenvalue weighted by Crippen LogP contribution is -1.97. The van der Waals surface area contributed by atoms with E-state index in [-0.39, 0.29) is 5.56 Å². The SMILES string of the molecule is O=C(O)c1cccc(-c2nccn3ccnc23)c1. The molecule has 18 heavy (non-hydrogen) atoms. The molecule has 0 saturated carbocycles. The summed E-state index contributed by atoms with van der Waals surface area (Å²) in [6.07, 6.45) is 6.97. The Morgan fingerprint density at radius 3 is 2.72 bits per heavy atom. The van der Waals surface area contributed by atoms with Gasteiger partial charge in [0.2, 0.25) is 0 Å². The highest BCUT2D eigenvalue weighted by Crippen LogP contribution is 2.21. The second-order valence-electron chi connectivity index (χ2n) is 3.82. The molecule has 88 valence electrons. The van der Waals surface area contributed by atoms with Crippen LogP contribution >= 0.6 is 0 Å². The van der Waals surface area contributed by atoms with E-state index in [0.717, 1.165) is 5.56 Å². The third-order valence-electron chi connectivity index (χ3n) is 2.69. The summed E-state index contributed by atoms with van der Waals surface area (Å²) in [5.74, 6) is -0.952. The van der Waals surface area contributed by atoms with E-state index in [1.54, 1.807) is 36.8 Å². The Hall–Kier alpha value is -2.69. The minimum atomic E-state index is -0.952. The van der Waals surface area contributed by atoms with Gasteiger partial charge in [-0.25, -0.2) is 9.78 Å². The molecule has 0 atom stereocenters. The maximum absolute atomic E-state index is 11.0. The molecular formula is C13H9N3O2. The first-order chi connectivity index (χ1) is 8.75. The molecule has 2 heterocycles. The van der Waals surface area contributed by atoms with Gasteiger partial charge in [-0.3, -0.25) is 4.98 Å². The molecule has 0 spiro atoms. The van der Waals surface area contributed by atoms with Gasteiger partial charge in [-0.2, -0.15) is 0 Å². The summed E-state index contributed by atoms with van der Waals surface area (Å²) in [7, 11) is 0. The lowest BCUT2D eigenvalue weighted by Gasteiger charge is -2.03. The lowest BCUT2D eigenvalue weighted by atomic mass is 10.1. The molecule has 0 radical (unpaired) electrons. The number of carboxylic acids is 1. The van der Waals surface area contributed by atoms with Crippen molar-refractivity contribution in [2.75, 3.05) is 0 Å². The summed E-state index contributed by atoms with van der Waals surface area (Å²) in [5, 5.41) is 8.99. The van der Waals surface area contributed by atoms with Gasteiger partial charge in [0.15, 0.2) is 5.65 Å². The van der Waals surface area contributed by atoms with Crippen LogP contribution in [0.3, 0.4) is 0 Å². The largest absolute Gasteiger partial charge is 0.478 e. The van der Waals surface area contributed by atoms with Gasteiger partial charge in [-0.1, -0.05) is 12.1 Å². The van der Waals surface area contributed by atoms with Crippen molar-refractivity contribution in [3.63, 3.8) is 0 Å². The molecule has 0 amide bonds. The van der Waals surface area contributed by atoms with Crippen molar-refractivity contribution in [1.82, 2.24) is 14.4 Å². The highest BCUT2D eigenvalue weighted by atomic mass is 16.4. The quantitative estimate of drug-likeness (QED) is 0.743. The third kappa shape index (κ3) is 1.62. The summed E-state index contributed by atoms with van der Waals surface area (Å²) in [6.45, 7) is 0. The number of benzene rings is 1. The highest BCUT2D eigenvalue weighted by molar-refractivity contribution is 5.90. The Balaban J connectivity index is 2.23. The molecule has 0 aliphatic rings. The number of aromatic nitrogens is 3. The zero-order valence-electron chi connectivity index (χ0n) is 9.32. The Kier molecular flexibility index (Phi) is 2.30. The normalized spacial score (nSPS) is 10.7. The van der Waals surface area contributed by atoms with Crippen LogP contribution in [-0.4, -0.2) is 25.4 Å². The standard InChI is InChI=1S/C13H9N3O2/c17-13(18)10-3-1-2-9(8-10)11-12-15-5-7-16(12)6-4-14-11/h1-8H,(H,17,18). The average molecular weight is 239 g/mol. The molecule has 3 rings (SSSR count). The third-order valence-corrected chi connectivity index (χ3v) is 2.69. The molecule has 2 aromatic heterocycles. The van der Waals surface area contributed by atoms with E-state index in [1.807, 2.05) is 16.7 Å². The fraction of sp³-hybridized carbons (Fsp3) is 0. The predicted molar refractivity (Wildman–Crippen MR) is 65.4 cm³/mol. The molecule has 0 unspecified atom stereocenters. The number of nitrogens with zero attached hydrogens (tertiary/aromatic N) is 3. The molecule has 1 aromatic carbocycles. The number of aromatic carboxylic acids is 1. The number of fused-ring (bicyclic) bond motifs is 1. The number of hydrogen-bond donors (Lipinski definition) is 1. The Morgan fingerprint density at radius 2 is 1.94 bits per heavy atom. The van der Waals surface area contributed by atoms with Crippen molar-refractivity contribution in [3.8, 4) is 11.3 Å². The smallest absolute Gasteiger partial charge is 0.335 e. The van der Waals surface area contributed by atoms with E-state index < -0.39 is 5.97 Å². The van der Waals surface area contributed by atoms with Crippen LogP contribution in [0.5, 0.6) is 0 Å². The van der Waals surface area contributed by atoms with Crippen LogP contribution in [0.2, 0.25) is 0 Å². The summed E-state index contributed by atoms with van der Waals surface area (Å²) >= 11 is 0. The monoisotopic (exact) mass is 239 g/mol. The van der Waals surface area contributed by atoms with E-state index in [4.69, 9.17) is 5.11 Å². The van der Waals surface area contributed by atoms with Crippen LogP contribution < -0.4 is 0 Å². The molecule has 5 nitrogen and oxygen atoms in total. The summed E-state index contributed by atoms with van der Waals surface area (Å²) < 4.78 is 1.84. The number of carboxylic acid groups (broad SMARTS) is 1. The zero-order valence-corrected chi connectivity index (χ0v) is 9.32. The van der Waals surface area contributed by atoms with E-state index in [9.17, 15) is 4.79 Å². The molecule has 0 aliphatic heterocycles. The van der Waals surface area contributed by atoms with Crippen molar-refractivity contribution in [2.24, 2.45) is 0 Å². The first-order valence-corrected chi connectivity index (χ1v) is 5.37. The van der Waals surface area contributed by atoms with Crippen molar-refractivity contribution in [1.29, 1.82) is 0 Å². The fourth-order valence-corrected chi connectivity index (χ4v) is 1.86. The van der Waals surface area contributed by atoms with Gasteiger partial charge in [0.25, 0.3) is 0 Å². The van der Waals surface area contributed by atoms with E-state index in [2.05, 4.69) is 9.97 Å². The molecule has 3 aromatic rings. The minimum Gasteiger partial charge on any atom is -0.478 e. The average Bonchev–Trinajstić information content (AvgIpc) is 2.87. The predicted octanol–water partition coefficient (Wildman–Crippen LogP) is 2.09. The summed E-state index contributed by atoms with van der Waals surface area (Å²) in [6, 6.07) is 6.67. The second-order valence-corrected chi connectivity index (χ2v) is 3.82. The van der Waals surface area contributed by atoms with Crippen LogP contribution in [-0.2, 0) is 0 Å². The molecule has 0 bridgehead atoms. The van der Waals surface area contributed by atoms with Crippen LogP contribution in [0, 0.1) is 0 Å². The Bertz CT molecular complexity index is 734. The van der Waals surface area contributed by atoms with Crippen molar-refractivity contribution in [2.45, 2.75) is 0 Å². The molecule has 0 fully saturated rings. The number of hydrogen-bond acceptors (Lipinski definition) is 3. The van der Waals surface area contributed by atoms with Crippen molar-refractivity contribution in [3.05, 3.63) is 54.6 Å². The lowest BCUT2D eigenvalue weighted by molar-refractivity contribution is 0.0697. The van der Waals surface area contributed by atoms with E-state index in [1.165, 1.54) is 0 Å². The molecule has 1 N–H and O–H groups in total. The first kappa shape index (κ1) is 10.5. The molecule has 5 heteroatoms. The molecular weight excluding hydrogens is 230 g/mol. The number of imidazole rings is 1. The summed E-state index contributed by atoms with van der Waals surface area (Å²) in [4.78, 5) is 19.5. The van der Waals surface area contributed by atoms with E-state index in [0.29, 0.717) is 11.3 Å². The first-order valence-electron chi connectivity index (χ1n) is 5.37. The van der Waals surface area contributed by atoms with Gasteiger partial charge in [0.1, 0.15) is 5.69 Å². The van der Waals surface area contributed by atoms with Crippen LogP contribution in [0.25, 0.3) is 16.9 Å². The Labute approximate surface area is 102 Å². The van der Waals surface area contributed by atoms with Crippen LogP contribution in [0.4, 0.5) is 0 Å². The number of carbonyl (C=O) groups is 1. The van der Waals surface area contributed by atoms with Gasteiger partial charge in [0, 0.05) is 30.4 Å². The Morgan fingerprint density at radius 1 is 1.17 bits per heavy atom. The number of rotatable bonds is 2. The topological polar surface area (TPSA) is 67.5 Å². The highest BCUT2D eigenvalue weighted by Gasteiger charge is 2.09. The van der Waals surface area contributed by atoms with Gasteiger partial charge in [-0.15, -0.1) is 0 Å². The van der Waals surface area contributed by atoms with E-state index >= 15 is 0 Å².